The van der Waals surface area contributed by atoms with Crippen LogP contribution in [0.5, 0.6) is 5.75 Å². The van der Waals surface area contributed by atoms with E-state index in [0.717, 1.165) is 82.8 Å². The van der Waals surface area contributed by atoms with E-state index in [9.17, 15) is 57.5 Å². The molecule has 3 aromatic heterocycles. The Kier molecular flexibility index (Phi) is 31.6. The standard InChI is InChI=1S/C95H105N17O17S2/c1-94(37-44-108(45-38-94)65-33-41-109(42-34-65)92-105-72-30-27-63(71-58-107(2)89(121)83-69(71)32-40-98-83)53-70(72)86(106-92)95(129-66-28-29-66,64-20-10-5-11-21-64)59-128-76(87(97)119)54-77(96)113)103-39-16-19-62-26-31-75(125-3)74(52-62)110-43-35-82(118)112(93(110)124)60-102-80(116)56-101-88(120)73(51-61-17-8-4-9-18-61)104-81(117)57-100-79(115)55-99-78(114)36-47-126-49-50-127-48-46-111-90(122)84(130-67-22-12-6-13-23-67)85(91(111)123)131-68-24-14-7-15-25-68/h4-15,17-18,20-27,30-32,40,52-53,58,65-66,73,76,98,103H,28-29,33-39,41-51,54-57,59-60H2,1-3H3,(H2,96,113)(H2,97,119)(H,99,114)(H,100,115)(H,101,120)(H,102,116)(H,104,117)/t73-,76?,95-/m0/s1. The van der Waals surface area contributed by atoms with Gasteiger partial charge in [0.15, 0.2) is 5.60 Å². The zero-order valence-electron chi connectivity index (χ0n) is 72.9. The van der Waals surface area contributed by atoms with Crippen LogP contribution >= 0.6 is 23.5 Å². The molecule has 7 heterocycles. The number of piperidine rings is 2. The number of methoxy groups -OCH3 is 1. The second-order valence-corrected chi connectivity index (χ2v) is 34.8. The van der Waals surface area contributed by atoms with Gasteiger partial charge in [0, 0.05) is 115 Å². The van der Waals surface area contributed by atoms with Crippen LogP contribution in [-0.2, 0) is 86.0 Å². The molecule has 34 nitrogen and oxygen atoms in total. The third-order valence-electron chi connectivity index (χ3n) is 23.4. The van der Waals surface area contributed by atoms with Crippen LogP contribution in [0.4, 0.5) is 16.4 Å². The number of pyridine rings is 1. The predicted octanol–water partition coefficient (Wildman–Crippen LogP) is 6.02. The van der Waals surface area contributed by atoms with Gasteiger partial charge in [-0.1, -0.05) is 138 Å². The number of nitrogens with two attached hydrogens (primary N) is 2. The molecule has 3 atom stereocenters. The predicted molar refractivity (Wildman–Crippen MR) is 491 cm³/mol. The van der Waals surface area contributed by atoms with Gasteiger partial charge in [0.2, 0.25) is 53.2 Å². The first-order valence-corrected chi connectivity index (χ1v) is 45.1. The maximum Gasteiger partial charge on any atom is 0.332 e. The number of thioether (sulfide) groups is 2. The summed E-state index contributed by atoms with van der Waals surface area (Å²) in [6, 6.07) is 48.3. The van der Waals surface area contributed by atoms with Crippen molar-refractivity contribution in [3.8, 4) is 28.7 Å². The summed E-state index contributed by atoms with van der Waals surface area (Å²) >= 11 is 2.47. The molecule has 12 amide bonds. The van der Waals surface area contributed by atoms with Crippen molar-refractivity contribution in [2.24, 2.45) is 18.5 Å². The number of likely N-dealkylation sites (tertiary alicyclic amines) is 1. The number of primary amides is 2. The summed E-state index contributed by atoms with van der Waals surface area (Å²) in [4.78, 5) is 183. The van der Waals surface area contributed by atoms with Gasteiger partial charge in [-0.3, -0.25) is 62.5 Å². The summed E-state index contributed by atoms with van der Waals surface area (Å²) in [6.07, 6.45) is 6.31. The molecule has 36 heteroatoms. The molecule has 11 N–H and O–H groups in total. The molecule has 1 saturated carbocycles. The highest BCUT2D eigenvalue weighted by molar-refractivity contribution is 8.08. The molecule has 14 rings (SSSR count). The fourth-order valence-corrected chi connectivity index (χ4v) is 18.1. The Balaban J connectivity index is 0.519. The smallest absolute Gasteiger partial charge is 0.332 e. The van der Waals surface area contributed by atoms with Crippen molar-refractivity contribution in [3.05, 3.63) is 219 Å². The van der Waals surface area contributed by atoms with E-state index in [2.05, 4.69) is 65.4 Å². The SMILES string of the molecule is COc1ccc(C#CCNC2(C)CCN(C3CCN(c4nc([C@@](COC(CC(N)=O)C(N)=O)(OC5CC5)c5ccccc5)c5cc(-c6cn(C)c(=O)c7[nH]ccc67)ccc5n4)CC3)CC2)cc1N1CCC(=O)N(CNC(=O)CNC(=O)[C@H](Cc2ccccc2)NC(=O)CNC(=O)CNC(=O)CCOCCOCCN2C(=O)C(Sc3ccccc3)=C(Sc3ccccc3)C2=O)C1=O. The number of aryl methyl sites for hydroxylation is 1. The van der Waals surface area contributed by atoms with Crippen LogP contribution in [0.3, 0.4) is 0 Å². The molecule has 131 heavy (non-hydrogen) atoms. The number of nitrogens with one attached hydrogen (secondary N) is 7. The number of carbonyl (C=O) groups excluding carboxylic acids is 11. The van der Waals surface area contributed by atoms with E-state index in [1.54, 1.807) is 66.3 Å². The number of rotatable bonds is 42. The average molecular weight is 1820 g/mol. The van der Waals surface area contributed by atoms with Crippen molar-refractivity contribution in [1.29, 1.82) is 0 Å². The van der Waals surface area contributed by atoms with Crippen LogP contribution in [0, 0.1) is 11.8 Å². The monoisotopic (exact) mass is 1820 g/mol. The van der Waals surface area contributed by atoms with Crippen molar-refractivity contribution in [3.63, 3.8) is 0 Å². The molecule has 0 radical (unpaired) electrons. The highest BCUT2D eigenvalue weighted by Gasteiger charge is 2.47. The summed E-state index contributed by atoms with van der Waals surface area (Å²) in [7, 11) is 3.17. The second kappa shape index (κ2) is 44.0. The Morgan fingerprint density at radius 3 is 1.98 bits per heavy atom. The van der Waals surface area contributed by atoms with Crippen LogP contribution in [0.25, 0.3) is 32.9 Å². The van der Waals surface area contributed by atoms with Gasteiger partial charge in [-0.2, -0.15) is 0 Å². The Hall–Kier alpha value is -13.1. The second-order valence-electron chi connectivity index (χ2n) is 32.6. The Morgan fingerprint density at radius 2 is 1.31 bits per heavy atom. The first-order chi connectivity index (χ1) is 63.4. The maximum absolute atomic E-state index is 14.2. The fourth-order valence-electron chi connectivity index (χ4n) is 16.0. The third-order valence-corrected chi connectivity index (χ3v) is 25.7. The van der Waals surface area contributed by atoms with Gasteiger partial charge < -0.3 is 86.4 Å². The van der Waals surface area contributed by atoms with Crippen LogP contribution in [0.15, 0.2) is 201 Å². The number of urea groups is 1. The zero-order chi connectivity index (χ0) is 92.1. The number of fused-ring (bicyclic) bond motifs is 2. The van der Waals surface area contributed by atoms with E-state index in [-0.39, 0.29) is 88.6 Å². The van der Waals surface area contributed by atoms with Crippen molar-refractivity contribution in [1.82, 2.24) is 66.1 Å². The third kappa shape index (κ3) is 24.1. The van der Waals surface area contributed by atoms with Gasteiger partial charge in [0.25, 0.3) is 17.4 Å². The molecule has 4 aliphatic heterocycles. The number of imide groups is 2. The minimum atomic E-state index is -1.46. The number of amides is 12. The number of hydrogen-bond donors (Lipinski definition) is 9. The lowest BCUT2D eigenvalue weighted by atomic mass is 9.87. The van der Waals surface area contributed by atoms with Gasteiger partial charge in [0.1, 0.15) is 30.1 Å². The largest absolute Gasteiger partial charge is 0.495 e. The van der Waals surface area contributed by atoms with Crippen molar-refractivity contribution in [2.45, 2.75) is 116 Å². The number of aromatic amines is 1. The minimum Gasteiger partial charge on any atom is -0.495 e. The summed E-state index contributed by atoms with van der Waals surface area (Å²) < 4.78 is 32.0. The Morgan fingerprint density at radius 1 is 0.672 bits per heavy atom. The number of anilines is 2. The maximum atomic E-state index is 14.2. The molecule has 0 bridgehead atoms. The van der Waals surface area contributed by atoms with Gasteiger partial charge in [-0.15, -0.1) is 0 Å². The summed E-state index contributed by atoms with van der Waals surface area (Å²) in [5.74, 6) is 0.898. The number of H-pyrrole nitrogens is 1. The van der Waals surface area contributed by atoms with Crippen LogP contribution in [-0.4, -0.2) is 241 Å². The van der Waals surface area contributed by atoms with Gasteiger partial charge in [0.05, 0.1) is 112 Å². The van der Waals surface area contributed by atoms with E-state index >= 15 is 0 Å². The van der Waals surface area contributed by atoms with Crippen molar-refractivity contribution < 1.29 is 76.4 Å². The highest BCUT2D eigenvalue weighted by Crippen LogP contribution is 2.46. The molecule has 9 aromatic rings. The van der Waals surface area contributed by atoms with E-state index in [1.807, 2.05) is 121 Å². The van der Waals surface area contributed by atoms with Crippen molar-refractivity contribution in [2.75, 3.05) is 122 Å². The molecule has 6 aromatic carbocycles. The Labute approximate surface area is 764 Å². The number of benzene rings is 6. The normalized spacial score (nSPS) is 16.4. The molecule has 1 aliphatic carbocycles. The molecule has 5 aliphatic rings. The summed E-state index contributed by atoms with van der Waals surface area (Å²) in [5.41, 5.74) is 15.1. The lowest BCUT2D eigenvalue weighted by molar-refractivity contribution is -0.144. The fraction of sp³-hybridized carbons (Fsp3) is 0.368. The number of hydrogen-bond acceptors (Lipinski definition) is 24. The molecule has 4 fully saturated rings. The molecule has 1 unspecified atom stereocenters. The summed E-state index contributed by atoms with van der Waals surface area (Å²) in [5, 5.41) is 17.6. The molecular weight excluding hydrogens is 1720 g/mol. The van der Waals surface area contributed by atoms with E-state index < -0.39 is 116 Å². The zero-order valence-corrected chi connectivity index (χ0v) is 74.6. The van der Waals surface area contributed by atoms with E-state index in [0.29, 0.717) is 85.6 Å². The average Bonchev–Trinajstić information content (AvgIpc) is 1.70. The van der Waals surface area contributed by atoms with Crippen LogP contribution in [0.2, 0.25) is 0 Å². The van der Waals surface area contributed by atoms with Gasteiger partial charge >= 0.3 is 6.03 Å². The first-order valence-electron chi connectivity index (χ1n) is 43.5. The van der Waals surface area contributed by atoms with Gasteiger partial charge in [-0.25, -0.2) is 19.7 Å². The minimum absolute atomic E-state index is 0.00534. The first kappa shape index (κ1) is 94.0. The van der Waals surface area contributed by atoms with Crippen LogP contribution in [0.1, 0.15) is 87.1 Å². The molecular formula is C95H105N17O17S2. The lowest BCUT2D eigenvalue weighted by Crippen LogP contribution is -2.56. The number of aromatic nitrogens is 4. The molecule has 3 saturated heterocycles. The topological polar surface area (TPSA) is 438 Å². The number of carbonyl (C=O) groups is 11. The van der Waals surface area contributed by atoms with Crippen LogP contribution < -0.4 is 63.5 Å². The molecule has 684 valence electrons. The lowest BCUT2D eigenvalue weighted by Gasteiger charge is -2.45. The van der Waals surface area contributed by atoms with Crippen molar-refractivity contribution >= 4 is 122 Å². The number of ether oxygens (including phenoxy) is 5. The van der Waals surface area contributed by atoms with E-state index in [4.69, 9.17) is 45.1 Å². The molecule has 0 spiro atoms. The number of nitrogens with zero attached hydrogens (tertiary/aromatic N) is 8. The highest BCUT2D eigenvalue weighted by atomic mass is 32.2. The van der Waals surface area contributed by atoms with E-state index in [1.165, 1.54) is 40.4 Å². The quantitative estimate of drug-likeness (QED) is 0.0120. The van der Waals surface area contributed by atoms with Gasteiger partial charge in [-0.05, 0) is 123 Å². The Bertz CT molecular complexity index is 5800. The summed E-state index contributed by atoms with van der Waals surface area (Å²) in [6.45, 7) is 3.41.